The summed E-state index contributed by atoms with van der Waals surface area (Å²) >= 11 is 0. The molecule has 0 saturated heterocycles. The summed E-state index contributed by atoms with van der Waals surface area (Å²) in [6, 6.07) is 0. The third-order valence-electron chi connectivity index (χ3n) is 8.68. The number of ether oxygens (including phenoxy) is 2. The number of hydrogen-bond acceptors (Lipinski definition) is 2. The van der Waals surface area contributed by atoms with Gasteiger partial charge in [-0.3, -0.25) is 0 Å². The highest BCUT2D eigenvalue weighted by Gasteiger charge is 2.75. The van der Waals surface area contributed by atoms with Crippen molar-refractivity contribution in [3.8, 4) is 0 Å². The lowest BCUT2D eigenvalue weighted by Gasteiger charge is -2.48. The minimum Gasteiger partial charge on any atom is -0.358 e. The van der Waals surface area contributed by atoms with Crippen LogP contribution in [0.4, 0.5) is 52.7 Å². The van der Waals surface area contributed by atoms with Crippen LogP contribution in [0.5, 0.6) is 0 Å². The first-order valence-electron chi connectivity index (χ1n) is 16.0. The monoisotopic (exact) mass is 686 g/mol. The van der Waals surface area contributed by atoms with Crippen molar-refractivity contribution in [3.05, 3.63) is 0 Å². The zero-order chi connectivity index (χ0) is 36.1. The molecular weight excluding hydrogens is 632 g/mol. The molecule has 14 heteroatoms. The van der Waals surface area contributed by atoms with Crippen molar-refractivity contribution in [1.82, 2.24) is 0 Å². The molecule has 0 aliphatic heterocycles. The van der Waals surface area contributed by atoms with Crippen molar-refractivity contribution >= 4 is 0 Å². The van der Waals surface area contributed by atoms with E-state index < -0.39 is 55.0 Å². The minimum absolute atomic E-state index is 0.00931. The van der Waals surface area contributed by atoms with Gasteiger partial charge in [-0.1, -0.05) is 93.9 Å². The maximum Gasteiger partial charge on any atom is 0.426 e. The van der Waals surface area contributed by atoms with Gasteiger partial charge >= 0.3 is 24.7 Å². The fraction of sp³-hybridized carbons (Fsp3) is 1.00. The first-order valence-corrected chi connectivity index (χ1v) is 16.0. The predicted octanol–water partition coefficient (Wildman–Crippen LogP) is 12.5. The van der Waals surface area contributed by atoms with Gasteiger partial charge in [0, 0.05) is 5.92 Å². The molecule has 2 saturated carbocycles. The summed E-state index contributed by atoms with van der Waals surface area (Å²) in [5.41, 5.74) is -8.13. The Bertz CT molecular complexity index is 746. The van der Waals surface area contributed by atoms with Crippen molar-refractivity contribution in [1.29, 1.82) is 0 Å². The molecule has 0 heterocycles. The van der Waals surface area contributed by atoms with Crippen molar-refractivity contribution < 1.29 is 62.2 Å². The van der Waals surface area contributed by atoms with Gasteiger partial charge < -0.3 is 9.47 Å². The molecule has 2 aliphatic rings. The Morgan fingerprint density at radius 2 is 0.933 bits per heavy atom. The minimum atomic E-state index is -5.47. The maximum atomic E-state index is 13.8. The summed E-state index contributed by atoms with van der Waals surface area (Å²) < 4.78 is 165. The van der Waals surface area contributed by atoms with Gasteiger partial charge in [0.2, 0.25) is 0 Å². The Hall–Kier alpha value is -0.920. The molecule has 45 heavy (non-hydrogen) atoms. The van der Waals surface area contributed by atoms with Gasteiger partial charge in [-0.05, 0) is 49.9 Å². The zero-order valence-electron chi connectivity index (χ0n) is 28.0. The second-order valence-corrected chi connectivity index (χ2v) is 11.7. The largest absolute Gasteiger partial charge is 0.426 e. The van der Waals surface area contributed by atoms with Crippen LogP contribution in [0.15, 0.2) is 0 Å². The molecule has 2 nitrogen and oxygen atoms in total. The number of halogens is 12. The molecule has 0 amide bonds. The standard InChI is InChI=1S/C18H28F6O.C9H14F6O.2C2H6/c1-3-12(2)11-25-16(17(19,20)21,18(22,23)24)15-9-8-13-6-4-5-7-14(13)10-15;1-4-6(2)5-16-7(3,8(10,11)12)9(13,14)15;2*1-2/h12-15H,3-11H2,1-2H3;6H,4-5H2,1-3H3;2*1-2H3. The molecule has 0 aromatic rings. The number of alkyl halides is 12. The Morgan fingerprint density at radius 1 is 0.556 bits per heavy atom. The molecule has 5 unspecified atom stereocenters. The topological polar surface area (TPSA) is 18.5 Å². The Morgan fingerprint density at radius 3 is 1.29 bits per heavy atom. The number of fused-ring (bicyclic) bond motifs is 1. The summed E-state index contributed by atoms with van der Waals surface area (Å²) in [4.78, 5) is 0. The molecule has 274 valence electrons. The van der Waals surface area contributed by atoms with E-state index in [0.29, 0.717) is 19.3 Å². The van der Waals surface area contributed by atoms with Gasteiger partial charge in [0.25, 0.3) is 11.2 Å². The van der Waals surface area contributed by atoms with Gasteiger partial charge in [0.1, 0.15) is 0 Å². The normalized spacial score (nSPS) is 22.7. The second kappa shape index (κ2) is 19.2. The van der Waals surface area contributed by atoms with Crippen LogP contribution < -0.4 is 0 Å². The van der Waals surface area contributed by atoms with Crippen LogP contribution in [-0.2, 0) is 9.47 Å². The molecule has 0 bridgehead atoms. The SMILES string of the molecule is CC.CC.CCC(C)COC(C)(C(F)(F)F)C(F)(F)F.CCC(C)COC(C1CCC2CCCCC2C1)(C(F)(F)F)C(F)(F)F. The van der Waals surface area contributed by atoms with E-state index in [2.05, 4.69) is 4.74 Å². The van der Waals surface area contributed by atoms with E-state index in [1.54, 1.807) is 20.8 Å². The first-order chi connectivity index (χ1) is 20.5. The van der Waals surface area contributed by atoms with Crippen molar-refractivity contribution in [3.63, 3.8) is 0 Å². The van der Waals surface area contributed by atoms with Crippen LogP contribution in [0.2, 0.25) is 0 Å². The first kappa shape index (κ1) is 46.2. The molecule has 0 spiro atoms. The highest BCUT2D eigenvalue weighted by molar-refractivity contribution is 5.04. The highest BCUT2D eigenvalue weighted by Crippen LogP contribution is 2.57. The van der Waals surface area contributed by atoms with Crippen molar-refractivity contribution in [2.75, 3.05) is 13.2 Å². The molecule has 5 atom stereocenters. The van der Waals surface area contributed by atoms with Crippen LogP contribution in [0.1, 0.15) is 120 Å². The molecule has 2 aliphatic carbocycles. The lowest BCUT2D eigenvalue weighted by atomic mass is 9.63. The maximum absolute atomic E-state index is 13.8. The lowest BCUT2D eigenvalue weighted by Crippen LogP contribution is -2.64. The van der Waals surface area contributed by atoms with E-state index in [0.717, 1.165) is 25.7 Å². The van der Waals surface area contributed by atoms with Gasteiger partial charge in [0.05, 0.1) is 13.2 Å². The molecule has 0 aromatic carbocycles. The van der Waals surface area contributed by atoms with E-state index >= 15 is 0 Å². The van der Waals surface area contributed by atoms with Crippen molar-refractivity contribution in [2.45, 2.75) is 156 Å². The average Bonchev–Trinajstić information content (AvgIpc) is 2.95. The van der Waals surface area contributed by atoms with Crippen LogP contribution in [0, 0.1) is 29.6 Å². The molecular formula is C31H54F12O2. The quantitative estimate of drug-likeness (QED) is 0.225. The van der Waals surface area contributed by atoms with E-state index in [-0.39, 0.29) is 43.4 Å². The van der Waals surface area contributed by atoms with E-state index in [1.165, 1.54) is 6.92 Å². The third-order valence-corrected chi connectivity index (χ3v) is 8.68. The van der Waals surface area contributed by atoms with Gasteiger partial charge in [-0.25, -0.2) is 0 Å². The van der Waals surface area contributed by atoms with Crippen LogP contribution in [0.3, 0.4) is 0 Å². The summed E-state index contributed by atoms with van der Waals surface area (Å²) in [5, 5.41) is 0. The second-order valence-electron chi connectivity index (χ2n) is 11.7. The van der Waals surface area contributed by atoms with E-state index in [4.69, 9.17) is 4.74 Å². The summed E-state index contributed by atoms with van der Waals surface area (Å²) in [7, 11) is 0. The molecule has 0 aromatic heterocycles. The van der Waals surface area contributed by atoms with Gasteiger partial charge in [0.15, 0.2) is 0 Å². The van der Waals surface area contributed by atoms with Crippen molar-refractivity contribution in [2.24, 2.45) is 29.6 Å². The van der Waals surface area contributed by atoms with Gasteiger partial charge in [-0.15, -0.1) is 0 Å². The van der Waals surface area contributed by atoms with Crippen LogP contribution in [0.25, 0.3) is 0 Å². The molecule has 2 rings (SSSR count). The zero-order valence-corrected chi connectivity index (χ0v) is 28.0. The fourth-order valence-corrected chi connectivity index (χ4v) is 5.29. The third kappa shape index (κ3) is 12.2. The Labute approximate surface area is 261 Å². The fourth-order valence-electron chi connectivity index (χ4n) is 5.29. The van der Waals surface area contributed by atoms with E-state index in [1.807, 2.05) is 27.7 Å². The molecule has 0 N–H and O–H groups in total. The summed E-state index contributed by atoms with van der Waals surface area (Å²) in [6.45, 7) is 13.4. The highest BCUT2D eigenvalue weighted by atomic mass is 19.4. The average molecular weight is 687 g/mol. The Balaban J connectivity index is 0. The smallest absolute Gasteiger partial charge is 0.358 e. The van der Waals surface area contributed by atoms with Crippen LogP contribution >= 0.6 is 0 Å². The Kier molecular flexibility index (Phi) is 19.7. The summed E-state index contributed by atoms with van der Waals surface area (Å²) in [5.74, 6) is -2.02. The lowest BCUT2D eigenvalue weighted by molar-refractivity contribution is -0.402. The molecule has 0 radical (unpaired) electrons. The number of hydrogen-bond donors (Lipinski definition) is 0. The van der Waals surface area contributed by atoms with E-state index in [9.17, 15) is 52.7 Å². The number of rotatable bonds is 9. The summed E-state index contributed by atoms with van der Waals surface area (Å²) in [6.07, 6.45) is -17.0. The van der Waals surface area contributed by atoms with Gasteiger partial charge in [-0.2, -0.15) is 52.7 Å². The predicted molar refractivity (Wildman–Crippen MR) is 152 cm³/mol. The molecule has 2 fully saturated rings. The van der Waals surface area contributed by atoms with Crippen LogP contribution in [-0.4, -0.2) is 49.1 Å².